The monoisotopic (exact) mass is 625 g/mol. The molecule has 0 spiro atoms. The van der Waals surface area contributed by atoms with Gasteiger partial charge in [-0.05, 0) is 36.8 Å². The van der Waals surface area contributed by atoms with Crippen molar-refractivity contribution in [2.45, 2.75) is 83.0 Å². The lowest BCUT2D eigenvalue weighted by Gasteiger charge is -2.31. The highest BCUT2D eigenvalue weighted by Crippen LogP contribution is 2.31. The minimum absolute atomic E-state index is 0.156. The van der Waals surface area contributed by atoms with Crippen LogP contribution in [0.25, 0.3) is 11.3 Å². The summed E-state index contributed by atoms with van der Waals surface area (Å²) < 4.78 is 73.4. The van der Waals surface area contributed by atoms with Crippen LogP contribution in [0.2, 0.25) is 0 Å². The van der Waals surface area contributed by atoms with E-state index in [4.69, 9.17) is 4.74 Å². The largest absolute Gasteiger partial charge is 0.444 e. The summed E-state index contributed by atoms with van der Waals surface area (Å²) >= 11 is 0. The number of hydrogen-bond acceptors (Lipinski definition) is 7. The number of halogens is 3. The summed E-state index contributed by atoms with van der Waals surface area (Å²) in [6.45, 7) is 7.38. The molecular weight excluding hydrogens is 587 g/mol. The van der Waals surface area contributed by atoms with Crippen LogP contribution in [0, 0.1) is 5.41 Å². The minimum Gasteiger partial charge on any atom is -0.444 e. The molecule has 236 valence electrons. The lowest BCUT2D eigenvalue weighted by molar-refractivity contribution is -0.137. The lowest BCUT2D eigenvalue weighted by Crippen LogP contribution is -2.50. The zero-order chi connectivity index (χ0) is 31.8. The average molecular weight is 626 g/mol. The highest BCUT2D eigenvalue weighted by molar-refractivity contribution is 7.89. The molecule has 3 aromatic rings. The Morgan fingerprint density at radius 3 is 2.37 bits per heavy atom. The molecule has 0 aliphatic rings. The highest BCUT2D eigenvalue weighted by Gasteiger charge is 2.32. The van der Waals surface area contributed by atoms with Gasteiger partial charge < -0.3 is 15.2 Å². The third-order valence-electron chi connectivity index (χ3n) is 6.75. The summed E-state index contributed by atoms with van der Waals surface area (Å²) in [7, 11) is -3.96. The topological polar surface area (TPSA) is 135 Å². The van der Waals surface area contributed by atoms with E-state index in [0.717, 1.165) is 18.6 Å². The number of sulfonamides is 1. The molecular formula is C29H38F3N5O5S. The second-order valence-corrected chi connectivity index (χ2v) is 13.0. The van der Waals surface area contributed by atoms with Gasteiger partial charge in [-0.2, -0.15) is 18.3 Å². The fourth-order valence-electron chi connectivity index (χ4n) is 4.12. The number of ether oxygens (including phenoxy) is 1. The van der Waals surface area contributed by atoms with Crippen LogP contribution in [0.5, 0.6) is 0 Å². The van der Waals surface area contributed by atoms with Gasteiger partial charge in [0.2, 0.25) is 0 Å². The summed E-state index contributed by atoms with van der Waals surface area (Å²) in [6.07, 6.45) is -2.33. The molecule has 0 unspecified atom stereocenters. The first-order chi connectivity index (χ1) is 20.1. The molecule has 0 aliphatic carbocycles. The number of pyridine rings is 1. The SMILES string of the molecule is CCCC[C@H](NC(=O)O[C@H](Cn1ccc(-c2ccc(C(F)(F)F)cc2)n1)C(C)(C)C)[C@H](O)CNS(=O)(=O)c1ccccn1. The Labute approximate surface area is 249 Å². The molecule has 0 fully saturated rings. The number of aromatic nitrogens is 3. The van der Waals surface area contributed by atoms with E-state index in [9.17, 15) is 31.5 Å². The van der Waals surface area contributed by atoms with Gasteiger partial charge in [-0.25, -0.2) is 22.9 Å². The fraction of sp³-hybridized carbons (Fsp3) is 0.483. The number of aliphatic hydroxyl groups excluding tert-OH is 1. The molecule has 0 bridgehead atoms. The van der Waals surface area contributed by atoms with Gasteiger partial charge >= 0.3 is 12.3 Å². The van der Waals surface area contributed by atoms with Crippen LogP contribution in [0.1, 0.15) is 52.5 Å². The van der Waals surface area contributed by atoms with E-state index in [-0.39, 0.29) is 18.1 Å². The standard InChI is InChI=1S/C29H38F3N5O5S/c1-5-6-9-23(24(38)18-34-43(40,41)26-10-7-8-16-33-26)35-27(39)42-25(28(2,3)4)19-37-17-15-22(36-37)20-11-13-21(14-12-20)29(30,31)32/h7-8,10-17,23-25,34,38H,5-6,9,18-19H2,1-4H3,(H,35,39)/t23-,24+,25+/m0/s1. The number of benzene rings is 1. The first-order valence-corrected chi connectivity index (χ1v) is 15.4. The van der Waals surface area contributed by atoms with Gasteiger partial charge in [0.05, 0.1) is 29.9 Å². The van der Waals surface area contributed by atoms with Crippen molar-refractivity contribution in [1.29, 1.82) is 0 Å². The maximum Gasteiger partial charge on any atom is 0.416 e. The Morgan fingerprint density at radius 2 is 1.79 bits per heavy atom. The highest BCUT2D eigenvalue weighted by atomic mass is 32.2. The van der Waals surface area contributed by atoms with Crippen LogP contribution in [-0.2, 0) is 27.5 Å². The van der Waals surface area contributed by atoms with Crippen molar-refractivity contribution in [3.8, 4) is 11.3 Å². The van der Waals surface area contributed by atoms with Gasteiger partial charge in [0.15, 0.2) is 5.03 Å². The Bertz CT molecular complexity index is 1430. The molecule has 0 radical (unpaired) electrons. The van der Waals surface area contributed by atoms with E-state index in [2.05, 4.69) is 20.1 Å². The van der Waals surface area contributed by atoms with Gasteiger partial charge in [-0.3, -0.25) is 4.68 Å². The Hall–Kier alpha value is -3.49. The maximum absolute atomic E-state index is 13.0. The van der Waals surface area contributed by atoms with Gasteiger partial charge in [-0.1, -0.05) is 58.7 Å². The third kappa shape index (κ3) is 10.0. The second-order valence-electron chi connectivity index (χ2n) is 11.2. The van der Waals surface area contributed by atoms with E-state index < -0.39 is 51.5 Å². The van der Waals surface area contributed by atoms with Crippen LogP contribution >= 0.6 is 0 Å². The average Bonchev–Trinajstić information content (AvgIpc) is 3.42. The molecule has 3 rings (SSSR count). The predicted octanol–water partition coefficient (Wildman–Crippen LogP) is 5.00. The molecule has 3 atom stereocenters. The Balaban J connectivity index is 1.66. The van der Waals surface area contributed by atoms with Crippen molar-refractivity contribution in [1.82, 2.24) is 24.8 Å². The number of carbonyl (C=O) groups is 1. The van der Waals surface area contributed by atoms with Gasteiger partial charge in [0, 0.05) is 29.9 Å². The molecule has 1 aromatic carbocycles. The molecule has 0 aliphatic heterocycles. The van der Waals surface area contributed by atoms with Crippen molar-refractivity contribution in [2.24, 2.45) is 5.41 Å². The van der Waals surface area contributed by atoms with E-state index in [0.29, 0.717) is 24.1 Å². The zero-order valence-electron chi connectivity index (χ0n) is 24.5. The normalized spacial score (nSPS) is 14.6. The van der Waals surface area contributed by atoms with Crippen LogP contribution in [0.3, 0.4) is 0 Å². The van der Waals surface area contributed by atoms with E-state index in [1.807, 2.05) is 27.7 Å². The van der Waals surface area contributed by atoms with Crippen molar-refractivity contribution in [3.05, 3.63) is 66.5 Å². The van der Waals surface area contributed by atoms with Crippen molar-refractivity contribution in [3.63, 3.8) is 0 Å². The fourth-order valence-corrected chi connectivity index (χ4v) is 5.12. The molecule has 2 heterocycles. The number of amides is 1. The number of alkyl carbamates (subject to hydrolysis) is 1. The van der Waals surface area contributed by atoms with E-state index >= 15 is 0 Å². The molecule has 10 nitrogen and oxygen atoms in total. The number of unbranched alkanes of at least 4 members (excludes halogenated alkanes) is 1. The smallest absolute Gasteiger partial charge is 0.416 e. The number of nitrogens with zero attached hydrogens (tertiary/aromatic N) is 3. The number of carbonyl (C=O) groups excluding carboxylic acids is 1. The number of rotatable bonds is 13. The Kier molecular flexibility index (Phi) is 11.3. The predicted molar refractivity (Wildman–Crippen MR) is 154 cm³/mol. The van der Waals surface area contributed by atoms with Gasteiger partial charge in [0.25, 0.3) is 10.0 Å². The van der Waals surface area contributed by atoms with Crippen LogP contribution in [-0.4, -0.2) is 59.2 Å². The maximum atomic E-state index is 13.0. The van der Waals surface area contributed by atoms with Crippen LogP contribution in [0.15, 0.2) is 66.0 Å². The molecule has 3 N–H and O–H groups in total. The number of alkyl halides is 3. The molecule has 0 saturated carbocycles. The first kappa shape index (κ1) is 34.0. The molecule has 43 heavy (non-hydrogen) atoms. The Morgan fingerprint density at radius 1 is 1.09 bits per heavy atom. The van der Waals surface area contributed by atoms with E-state index in [1.54, 1.807) is 23.0 Å². The summed E-state index contributed by atoms with van der Waals surface area (Å²) in [6, 6.07) is 9.99. The summed E-state index contributed by atoms with van der Waals surface area (Å²) in [4.78, 5) is 16.8. The van der Waals surface area contributed by atoms with Crippen molar-refractivity contribution in [2.75, 3.05) is 6.54 Å². The summed E-state index contributed by atoms with van der Waals surface area (Å²) in [5.41, 5.74) is -0.324. The first-order valence-electron chi connectivity index (χ1n) is 13.9. The van der Waals surface area contributed by atoms with Gasteiger partial charge in [0.1, 0.15) is 6.10 Å². The molecule has 2 aromatic heterocycles. The minimum atomic E-state index is -4.44. The lowest BCUT2D eigenvalue weighted by atomic mass is 9.89. The number of hydrogen-bond donors (Lipinski definition) is 3. The zero-order valence-corrected chi connectivity index (χ0v) is 25.3. The van der Waals surface area contributed by atoms with Gasteiger partial charge in [-0.15, -0.1) is 0 Å². The van der Waals surface area contributed by atoms with Crippen LogP contribution in [0.4, 0.5) is 18.0 Å². The van der Waals surface area contributed by atoms with E-state index in [1.165, 1.54) is 30.5 Å². The number of nitrogens with one attached hydrogen (secondary N) is 2. The summed E-state index contributed by atoms with van der Waals surface area (Å²) in [5.74, 6) is 0. The quantitative estimate of drug-likeness (QED) is 0.243. The van der Waals surface area contributed by atoms with Crippen molar-refractivity contribution < 1.29 is 36.2 Å². The van der Waals surface area contributed by atoms with Crippen LogP contribution < -0.4 is 10.0 Å². The summed E-state index contributed by atoms with van der Waals surface area (Å²) in [5, 5.41) is 17.7. The van der Waals surface area contributed by atoms with Crippen molar-refractivity contribution >= 4 is 16.1 Å². The molecule has 1 amide bonds. The third-order valence-corrected chi connectivity index (χ3v) is 8.09. The second kappa shape index (κ2) is 14.3. The molecule has 14 heteroatoms. The molecule has 0 saturated heterocycles. The number of aliphatic hydroxyl groups is 1.